The number of amides is 1. The number of carbonyl (C=O) groups excluding carboxylic acids is 1. The summed E-state index contributed by atoms with van der Waals surface area (Å²) in [5, 5.41) is 13.1. The number of hydrogen-bond acceptors (Lipinski definition) is 2. The maximum atomic E-state index is 11.6. The molecular formula is C14H20BrNO2. The lowest BCUT2D eigenvalue weighted by Gasteiger charge is -2.24. The molecule has 1 rings (SSSR count). The third-order valence-electron chi connectivity index (χ3n) is 2.69. The van der Waals surface area contributed by atoms with Gasteiger partial charge < -0.3 is 10.4 Å². The minimum Gasteiger partial charge on any atom is -0.384 e. The van der Waals surface area contributed by atoms with E-state index >= 15 is 0 Å². The molecule has 0 saturated heterocycles. The van der Waals surface area contributed by atoms with E-state index in [0.717, 1.165) is 10.0 Å². The number of nitrogens with one attached hydrogen (secondary N) is 1. The topological polar surface area (TPSA) is 49.3 Å². The van der Waals surface area contributed by atoms with Crippen LogP contribution in [0.1, 0.15) is 32.8 Å². The van der Waals surface area contributed by atoms with Gasteiger partial charge in [0.15, 0.2) is 0 Å². The van der Waals surface area contributed by atoms with Crippen molar-refractivity contribution in [2.24, 2.45) is 5.92 Å². The zero-order valence-corrected chi connectivity index (χ0v) is 12.6. The summed E-state index contributed by atoms with van der Waals surface area (Å²) in [6.45, 7) is 5.91. The van der Waals surface area contributed by atoms with Crippen LogP contribution < -0.4 is 5.32 Å². The molecule has 0 fully saturated rings. The van der Waals surface area contributed by atoms with Gasteiger partial charge in [0.1, 0.15) is 5.60 Å². The van der Waals surface area contributed by atoms with Crippen molar-refractivity contribution in [1.82, 2.24) is 5.32 Å². The zero-order chi connectivity index (χ0) is 13.8. The minimum atomic E-state index is -1.05. The van der Waals surface area contributed by atoms with Gasteiger partial charge in [-0.15, -0.1) is 0 Å². The van der Waals surface area contributed by atoms with Crippen molar-refractivity contribution in [3.8, 4) is 0 Å². The summed E-state index contributed by atoms with van der Waals surface area (Å²) < 4.78 is 0.964. The third-order valence-corrected chi connectivity index (χ3v) is 3.22. The average Bonchev–Trinajstić information content (AvgIpc) is 2.26. The first kappa shape index (κ1) is 15.2. The van der Waals surface area contributed by atoms with E-state index in [-0.39, 0.29) is 12.5 Å². The molecule has 1 amide bonds. The van der Waals surface area contributed by atoms with E-state index in [1.807, 2.05) is 38.1 Å². The van der Waals surface area contributed by atoms with Crippen molar-refractivity contribution in [3.05, 3.63) is 34.3 Å². The Balaban J connectivity index is 2.59. The van der Waals surface area contributed by atoms with E-state index in [4.69, 9.17) is 0 Å². The van der Waals surface area contributed by atoms with Crippen LogP contribution in [0.3, 0.4) is 0 Å². The molecule has 0 saturated carbocycles. The average molecular weight is 314 g/mol. The molecule has 0 heterocycles. The maximum Gasteiger partial charge on any atom is 0.220 e. The standard InChI is InChI=1S/C14H20BrNO2/c1-10(2)8-13(17)16-9-14(3,18)11-4-6-12(15)7-5-11/h4-7,10,18H,8-9H2,1-3H3,(H,16,17). The van der Waals surface area contributed by atoms with Crippen molar-refractivity contribution in [1.29, 1.82) is 0 Å². The van der Waals surface area contributed by atoms with Gasteiger partial charge in [-0.3, -0.25) is 4.79 Å². The molecule has 0 aliphatic heterocycles. The van der Waals surface area contributed by atoms with Crippen LogP contribution in [0.4, 0.5) is 0 Å². The Morgan fingerprint density at radius 2 is 1.94 bits per heavy atom. The zero-order valence-electron chi connectivity index (χ0n) is 11.0. The van der Waals surface area contributed by atoms with Crippen molar-refractivity contribution in [2.75, 3.05) is 6.54 Å². The van der Waals surface area contributed by atoms with Gasteiger partial charge in [-0.2, -0.15) is 0 Å². The van der Waals surface area contributed by atoms with Crippen LogP contribution in [0.2, 0.25) is 0 Å². The van der Waals surface area contributed by atoms with Crippen LogP contribution in [0, 0.1) is 5.92 Å². The van der Waals surface area contributed by atoms with Gasteiger partial charge in [-0.25, -0.2) is 0 Å². The molecule has 2 N–H and O–H groups in total. The summed E-state index contributed by atoms with van der Waals surface area (Å²) in [4.78, 5) is 11.6. The van der Waals surface area contributed by atoms with Crippen LogP contribution in [0.25, 0.3) is 0 Å². The highest BCUT2D eigenvalue weighted by molar-refractivity contribution is 9.10. The van der Waals surface area contributed by atoms with Gasteiger partial charge in [0.2, 0.25) is 5.91 Å². The van der Waals surface area contributed by atoms with Crippen molar-refractivity contribution in [3.63, 3.8) is 0 Å². The fraction of sp³-hybridized carbons (Fsp3) is 0.500. The molecule has 1 unspecified atom stereocenters. The molecule has 0 radical (unpaired) electrons. The quantitative estimate of drug-likeness (QED) is 0.878. The lowest BCUT2D eigenvalue weighted by Crippen LogP contribution is -2.38. The van der Waals surface area contributed by atoms with Crippen molar-refractivity contribution >= 4 is 21.8 Å². The fourth-order valence-electron chi connectivity index (χ4n) is 1.62. The lowest BCUT2D eigenvalue weighted by molar-refractivity contribution is -0.123. The Morgan fingerprint density at radius 1 is 1.39 bits per heavy atom. The lowest BCUT2D eigenvalue weighted by atomic mass is 9.96. The molecule has 0 spiro atoms. The Kier molecular flexibility index (Phi) is 5.35. The molecule has 1 aromatic rings. The number of aliphatic hydroxyl groups is 1. The molecule has 0 bridgehead atoms. The molecular weight excluding hydrogens is 294 g/mol. The second-order valence-corrected chi connectivity index (χ2v) is 6.07. The molecule has 0 aliphatic rings. The Bertz CT molecular complexity index is 399. The summed E-state index contributed by atoms with van der Waals surface area (Å²) in [5.74, 6) is 0.296. The van der Waals surface area contributed by atoms with Crippen molar-refractivity contribution in [2.45, 2.75) is 32.8 Å². The summed E-state index contributed by atoms with van der Waals surface area (Å²) in [6.07, 6.45) is 0.483. The van der Waals surface area contributed by atoms with Gasteiger partial charge in [0, 0.05) is 10.9 Å². The highest BCUT2D eigenvalue weighted by atomic mass is 79.9. The van der Waals surface area contributed by atoms with E-state index in [1.54, 1.807) is 6.92 Å². The highest BCUT2D eigenvalue weighted by Crippen LogP contribution is 2.21. The monoisotopic (exact) mass is 313 g/mol. The van der Waals surface area contributed by atoms with E-state index in [1.165, 1.54) is 0 Å². The molecule has 0 aliphatic carbocycles. The van der Waals surface area contributed by atoms with Gasteiger partial charge in [0.05, 0.1) is 6.54 Å². The predicted octanol–water partition coefficient (Wildman–Crippen LogP) is 2.82. The summed E-state index contributed by atoms with van der Waals surface area (Å²) in [5.41, 5.74) is -0.261. The van der Waals surface area contributed by atoms with E-state index in [0.29, 0.717) is 12.3 Å². The Hall–Kier alpha value is -0.870. The smallest absolute Gasteiger partial charge is 0.220 e. The van der Waals surface area contributed by atoms with Crippen LogP contribution in [0.5, 0.6) is 0 Å². The van der Waals surface area contributed by atoms with Crippen LogP contribution in [-0.2, 0) is 10.4 Å². The number of hydrogen-bond donors (Lipinski definition) is 2. The van der Waals surface area contributed by atoms with Gasteiger partial charge in [-0.05, 0) is 30.5 Å². The molecule has 18 heavy (non-hydrogen) atoms. The summed E-state index contributed by atoms with van der Waals surface area (Å²) >= 11 is 3.35. The van der Waals surface area contributed by atoms with E-state index in [9.17, 15) is 9.90 Å². The Morgan fingerprint density at radius 3 is 2.44 bits per heavy atom. The Labute approximate surface area is 117 Å². The first-order valence-electron chi connectivity index (χ1n) is 6.06. The molecule has 0 aromatic heterocycles. The van der Waals surface area contributed by atoms with Crippen LogP contribution in [-0.4, -0.2) is 17.6 Å². The van der Waals surface area contributed by atoms with Crippen LogP contribution in [0.15, 0.2) is 28.7 Å². The third kappa shape index (κ3) is 4.78. The minimum absolute atomic E-state index is 0.0256. The number of rotatable bonds is 5. The normalized spacial score (nSPS) is 14.3. The largest absolute Gasteiger partial charge is 0.384 e. The van der Waals surface area contributed by atoms with Gasteiger partial charge >= 0.3 is 0 Å². The first-order valence-corrected chi connectivity index (χ1v) is 6.85. The molecule has 100 valence electrons. The SMILES string of the molecule is CC(C)CC(=O)NCC(C)(O)c1ccc(Br)cc1. The second-order valence-electron chi connectivity index (χ2n) is 5.16. The first-order chi connectivity index (χ1) is 8.31. The highest BCUT2D eigenvalue weighted by Gasteiger charge is 2.23. The molecule has 1 aromatic carbocycles. The molecule has 1 atom stereocenters. The second kappa shape index (κ2) is 6.34. The van der Waals surface area contributed by atoms with Crippen molar-refractivity contribution < 1.29 is 9.90 Å². The molecule has 4 heteroatoms. The predicted molar refractivity (Wildman–Crippen MR) is 76.2 cm³/mol. The summed E-state index contributed by atoms with van der Waals surface area (Å²) in [7, 11) is 0. The maximum absolute atomic E-state index is 11.6. The summed E-state index contributed by atoms with van der Waals surface area (Å²) in [6, 6.07) is 7.44. The van der Waals surface area contributed by atoms with E-state index in [2.05, 4.69) is 21.2 Å². The number of carbonyl (C=O) groups is 1. The number of benzene rings is 1. The van der Waals surface area contributed by atoms with Gasteiger partial charge in [0.25, 0.3) is 0 Å². The van der Waals surface area contributed by atoms with E-state index < -0.39 is 5.60 Å². The van der Waals surface area contributed by atoms with Crippen LogP contribution >= 0.6 is 15.9 Å². The molecule has 3 nitrogen and oxygen atoms in total. The fourth-order valence-corrected chi connectivity index (χ4v) is 1.89. The van der Waals surface area contributed by atoms with Gasteiger partial charge in [-0.1, -0.05) is 41.9 Å². The number of halogens is 1.